The Balaban J connectivity index is -0.0000000226. The van der Waals surface area contributed by atoms with Crippen LogP contribution in [0.1, 0.15) is 20.3 Å². The summed E-state index contributed by atoms with van der Waals surface area (Å²) >= 11 is 0. The van der Waals surface area contributed by atoms with Gasteiger partial charge in [-0.05, 0) is 0 Å². The van der Waals surface area contributed by atoms with Crippen molar-refractivity contribution in [3.63, 3.8) is 0 Å². The molecule has 0 saturated heterocycles. The van der Waals surface area contributed by atoms with Gasteiger partial charge < -0.3 is 35.0 Å². The smallest absolute Gasteiger partial charge is 1.00 e. The quantitative estimate of drug-likeness (QED) is 0.367. The van der Waals surface area contributed by atoms with Gasteiger partial charge in [0.15, 0.2) is 0 Å². The van der Waals surface area contributed by atoms with E-state index in [1.807, 2.05) is 0 Å². The van der Waals surface area contributed by atoms with E-state index in [1.165, 1.54) is 6.42 Å². The van der Waals surface area contributed by atoms with Gasteiger partial charge in [-0.25, -0.2) is 0 Å². The number of hydrogen-bond acceptors (Lipinski definition) is 5. The zero-order chi connectivity index (χ0) is 11.3. The van der Waals surface area contributed by atoms with Crippen LogP contribution in [0.5, 0.6) is 0 Å². The summed E-state index contributed by atoms with van der Waals surface area (Å²) in [5.41, 5.74) is 0. The number of aliphatic hydroxyl groups is 3. The van der Waals surface area contributed by atoms with Crippen LogP contribution in [0.2, 0.25) is 0 Å². The second kappa shape index (κ2) is 36.0. The van der Waals surface area contributed by atoms with Gasteiger partial charge in [-0.1, -0.05) is 20.3 Å². The predicted molar refractivity (Wildman–Crippen MR) is 44.2 cm³/mol. The maximum absolute atomic E-state index is 8.44. The van der Waals surface area contributed by atoms with Crippen LogP contribution in [0.4, 0.5) is 4.79 Å². The third kappa shape index (κ3) is 116. The number of carboxylic acid groups (broad SMARTS) is 2. The molecule has 0 aliphatic heterocycles. The van der Waals surface area contributed by atoms with Crippen LogP contribution in [-0.2, 0) is 0 Å². The largest absolute Gasteiger partial charge is 1.00 e. The maximum Gasteiger partial charge on any atom is 1.00 e. The molecule has 6 nitrogen and oxygen atoms in total. The summed E-state index contributed by atoms with van der Waals surface area (Å²) in [6, 6.07) is 0. The van der Waals surface area contributed by atoms with Gasteiger partial charge in [0.25, 0.3) is 0 Å². The standard InChI is InChI=1S/C3H8O3.C3H8.CH2O3.FH.2Na/c4-1-3(6)2-5;1-3-2;2-1(3)4;;;/h3-6H,1-2H2;3H2,1-2H3;(H2,2,3,4);1H;;/q;;;;2*+1/p-2. The second-order valence-electron chi connectivity index (χ2n) is 1.99. The molecule has 0 saturated carbocycles. The van der Waals surface area contributed by atoms with Crippen LogP contribution in [-0.4, -0.2) is 45.9 Å². The van der Waals surface area contributed by atoms with Crippen molar-refractivity contribution in [2.75, 3.05) is 13.2 Å². The van der Waals surface area contributed by atoms with Crippen molar-refractivity contribution in [1.29, 1.82) is 0 Å². The summed E-state index contributed by atoms with van der Waals surface area (Å²) in [4.78, 5) is 8.44. The molecule has 0 radical (unpaired) electrons. The van der Waals surface area contributed by atoms with E-state index in [1.54, 1.807) is 0 Å². The van der Waals surface area contributed by atoms with E-state index in [2.05, 4.69) is 13.8 Å². The number of hydrogen-bond donors (Lipinski definition) is 4. The van der Waals surface area contributed by atoms with Crippen LogP contribution in [0, 0.1) is 0 Å². The van der Waals surface area contributed by atoms with E-state index >= 15 is 0 Å². The van der Waals surface area contributed by atoms with Gasteiger partial charge in [0.2, 0.25) is 6.16 Å². The average molecular weight is 262 g/mol. The van der Waals surface area contributed by atoms with Crippen LogP contribution in [0.25, 0.3) is 0 Å². The first kappa shape index (κ1) is 36.0. The van der Waals surface area contributed by atoms with Gasteiger partial charge in [-0.3, -0.25) is 0 Å². The van der Waals surface area contributed by atoms with Gasteiger partial charge >= 0.3 is 59.1 Å². The van der Waals surface area contributed by atoms with E-state index in [-0.39, 0.29) is 77.0 Å². The predicted octanol–water partition coefficient (Wildman–Crippen LogP) is -10.4. The first-order chi connectivity index (χ1) is 5.95. The van der Waals surface area contributed by atoms with Crippen LogP contribution in [0.15, 0.2) is 0 Å². The molecule has 4 N–H and O–H groups in total. The Morgan fingerprint density at radius 1 is 1.19 bits per heavy atom. The Kier molecular flexibility index (Phi) is 80.9. The number of halogens is 1. The molecule has 0 aromatic heterocycles. The third-order valence-electron chi connectivity index (χ3n) is 0.421. The van der Waals surface area contributed by atoms with E-state index in [9.17, 15) is 0 Å². The molecule has 9 heteroatoms. The van der Waals surface area contributed by atoms with Crippen molar-refractivity contribution >= 4 is 6.16 Å². The fourth-order valence-electron chi connectivity index (χ4n) is 0.0577. The molecule has 0 aliphatic rings. The molecule has 0 aliphatic carbocycles. The first-order valence-corrected chi connectivity index (χ1v) is 3.75. The van der Waals surface area contributed by atoms with Crippen LogP contribution in [0.3, 0.4) is 0 Å². The minimum Gasteiger partial charge on any atom is -1.00 e. The monoisotopic (exact) mass is 262 g/mol. The van der Waals surface area contributed by atoms with Crippen molar-refractivity contribution in [3.8, 4) is 0 Å². The van der Waals surface area contributed by atoms with E-state index in [4.69, 9.17) is 30.3 Å². The summed E-state index contributed by atoms with van der Waals surface area (Å²) in [6.45, 7) is 3.52. The first-order valence-electron chi connectivity index (χ1n) is 3.75. The Labute approximate surface area is 139 Å². The molecule has 16 heavy (non-hydrogen) atoms. The topological polar surface area (TPSA) is 121 Å². The van der Waals surface area contributed by atoms with E-state index in [0.29, 0.717) is 0 Å². The van der Waals surface area contributed by atoms with Crippen molar-refractivity contribution in [1.82, 2.24) is 0 Å². The molecule has 90 valence electrons. The molecule has 0 rings (SSSR count). The third-order valence-corrected chi connectivity index (χ3v) is 0.421. The number of rotatable bonds is 2. The average Bonchev–Trinajstić information content (AvgIpc) is 2.03. The normalized spacial score (nSPS) is 6.38. The molecule has 0 spiro atoms. The van der Waals surface area contributed by atoms with E-state index in [0.717, 1.165) is 0 Å². The Morgan fingerprint density at radius 3 is 1.31 bits per heavy atom. The van der Waals surface area contributed by atoms with Gasteiger partial charge in [0.05, 0.1) is 13.2 Å². The fraction of sp³-hybridized carbons (Fsp3) is 0.857. The van der Waals surface area contributed by atoms with Gasteiger partial charge in [0.1, 0.15) is 6.10 Å². The van der Waals surface area contributed by atoms with Crippen molar-refractivity contribution < 1.29 is 94.1 Å². The van der Waals surface area contributed by atoms with Crippen molar-refractivity contribution in [2.24, 2.45) is 0 Å². The SMILES string of the molecule is CCC.O=C([O-])O.OCC(O)CO.[F-].[Na+].[Na+]. The van der Waals surface area contributed by atoms with E-state index < -0.39 is 12.3 Å². The minimum absolute atomic E-state index is 0. The number of carbonyl (C=O) groups is 1. The van der Waals surface area contributed by atoms with Gasteiger partial charge in [0, 0.05) is 0 Å². The summed E-state index contributed by atoms with van der Waals surface area (Å²) in [5, 5.41) is 39.3. The summed E-state index contributed by atoms with van der Waals surface area (Å²) in [7, 11) is 0. The fourth-order valence-corrected chi connectivity index (χ4v) is 0.0577. The Hall–Kier alpha value is 1.08. The number of aliphatic hydroxyl groups excluding tert-OH is 3. The minimum atomic E-state index is -2.08. The van der Waals surface area contributed by atoms with Crippen molar-refractivity contribution in [2.45, 2.75) is 26.4 Å². The van der Waals surface area contributed by atoms with Crippen LogP contribution < -0.4 is 68.9 Å². The molecule has 0 aromatic carbocycles. The molecule has 0 fully saturated rings. The summed E-state index contributed by atoms with van der Waals surface area (Å²) in [5.74, 6) is 0. The van der Waals surface area contributed by atoms with Crippen molar-refractivity contribution in [3.05, 3.63) is 0 Å². The summed E-state index contributed by atoms with van der Waals surface area (Å²) in [6.07, 6.45) is -1.79. The van der Waals surface area contributed by atoms with Gasteiger partial charge in [-0.15, -0.1) is 0 Å². The molecule has 0 aromatic rings. The molecular weight excluding hydrogens is 245 g/mol. The summed E-state index contributed by atoms with van der Waals surface area (Å²) < 4.78 is 0. The Bertz CT molecular complexity index is 101. The van der Waals surface area contributed by atoms with Crippen LogP contribution >= 0.6 is 0 Å². The maximum atomic E-state index is 8.44. The Morgan fingerprint density at radius 2 is 1.31 bits per heavy atom. The molecular formula is C7H17FNa2O6. The molecule has 0 unspecified atom stereocenters. The molecule has 0 bridgehead atoms. The van der Waals surface area contributed by atoms with Gasteiger partial charge in [-0.2, -0.15) is 0 Å². The molecule has 0 heterocycles. The second-order valence-corrected chi connectivity index (χ2v) is 1.99. The zero-order valence-corrected chi connectivity index (χ0v) is 14.2. The molecule has 0 atom stereocenters. The molecule has 0 amide bonds. The zero-order valence-electron chi connectivity index (χ0n) is 10.2.